The highest BCUT2D eigenvalue weighted by atomic mass is 32.7. The quantitative estimate of drug-likeness (QED) is 0.150. The number of nitrogens with one attached hydrogen (secondary N) is 1. The number of H-pyrrole nitrogens is 1. The van der Waals surface area contributed by atoms with E-state index in [0.717, 1.165) is 0 Å². The van der Waals surface area contributed by atoms with Gasteiger partial charge >= 0.3 is 13.6 Å². The Morgan fingerprint density at radius 3 is 2.43 bits per heavy atom. The van der Waals surface area contributed by atoms with Gasteiger partial charge in [-0.2, -0.15) is 4.98 Å². The summed E-state index contributed by atoms with van der Waals surface area (Å²) < 4.78 is 79.8. The van der Waals surface area contributed by atoms with Gasteiger partial charge in [-0.1, -0.05) is 24.5 Å². The van der Waals surface area contributed by atoms with Gasteiger partial charge in [0.1, 0.15) is 23.8 Å². The number of aromatic amines is 1. The molecule has 0 spiro atoms. The number of aromatic nitrogens is 7. The first kappa shape index (κ1) is 30.1. The highest BCUT2D eigenvalue weighted by Crippen LogP contribution is 2.60. The van der Waals surface area contributed by atoms with Crippen LogP contribution < -0.4 is 17.0 Å². The summed E-state index contributed by atoms with van der Waals surface area (Å²) in [6, 6.07) is 1.54. The lowest BCUT2D eigenvalue weighted by Gasteiger charge is -2.26. The van der Waals surface area contributed by atoms with E-state index in [-0.39, 0.29) is 35.8 Å². The minimum absolute atomic E-state index is 0.0301. The van der Waals surface area contributed by atoms with Crippen molar-refractivity contribution in [3.63, 3.8) is 0 Å². The van der Waals surface area contributed by atoms with Gasteiger partial charge in [-0.05, 0) is 6.07 Å². The first-order valence-electron chi connectivity index (χ1n) is 12.9. The predicted molar refractivity (Wildman–Crippen MR) is 157 cm³/mol. The van der Waals surface area contributed by atoms with Crippen molar-refractivity contribution in [2.24, 2.45) is 0 Å². The third-order valence-corrected chi connectivity index (χ3v) is 10.5. The maximum absolute atomic E-state index is 16.0. The molecular weight excluding hydrogens is 667 g/mol. The van der Waals surface area contributed by atoms with Crippen LogP contribution in [0.25, 0.3) is 22.3 Å². The van der Waals surface area contributed by atoms with Crippen LogP contribution >= 0.6 is 38.1 Å². The molecule has 7 heterocycles. The molecule has 0 radical (unpaired) electrons. The van der Waals surface area contributed by atoms with Gasteiger partial charge in [0.2, 0.25) is 5.95 Å². The number of anilines is 2. The van der Waals surface area contributed by atoms with Crippen molar-refractivity contribution in [1.29, 1.82) is 0 Å². The molecule has 2 bridgehead atoms. The number of hydrogen-bond acceptors (Lipinski definition) is 15. The molecule has 2 unspecified atom stereocenters. The zero-order chi connectivity index (χ0) is 31.0. The van der Waals surface area contributed by atoms with E-state index in [0.29, 0.717) is 11.2 Å². The minimum Gasteiger partial charge on any atom is -0.397 e. The Bertz CT molecular complexity index is 1910. The summed E-state index contributed by atoms with van der Waals surface area (Å²) in [5, 5.41) is 0. The summed E-state index contributed by atoms with van der Waals surface area (Å²) in [7, 11) is 0. The Morgan fingerprint density at radius 2 is 1.64 bits per heavy atom. The Kier molecular flexibility index (Phi) is 7.55. The molecule has 18 nitrogen and oxygen atoms in total. The second-order valence-electron chi connectivity index (χ2n) is 10.1. The summed E-state index contributed by atoms with van der Waals surface area (Å²) in [4.78, 5) is 31.2. The molecular formula is C21H24FN9O9P2S2. The Hall–Kier alpha value is -2.58. The van der Waals surface area contributed by atoms with Crippen molar-refractivity contribution in [1.82, 2.24) is 34.1 Å². The van der Waals surface area contributed by atoms with Gasteiger partial charge in [-0.25, -0.2) is 28.5 Å². The topological polar surface area (TPSA) is 236 Å². The number of rotatable bonds is 2. The molecule has 0 aromatic carbocycles. The maximum atomic E-state index is 16.0. The number of nitrogens with zero attached hydrogens (tertiary/aromatic N) is 6. The number of nitrogen functional groups attached to an aromatic ring is 2. The Morgan fingerprint density at radius 1 is 0.932 bits per heavy atom. The van der Waals surface area contributed by atoms with Crippen LogP contribution in [-0.4, -0.2) is 77.9 Å². The number of halogens is 1. The Balaban J connectivity index is 1.19. The van der Waals surface area contributed by atoms with Crippen molar-refractivity contribution < 1.29 is 41.1 Å². The van der Waals surface area contributed by atoms with Gasteiger partial charge in [-0.15, -0.1) is 0 Å². The van der Waals surface area contributed by atoms with Crippen molar-refractivity contribution in [3.8, 4) is 0 Å². The SMILES string of the molecule is Nc1nc2c(ncn2[C@@H]2O[C@@H]3CO[P@@](=O)(S)O[C@@H]4C(F)[C@H](n5cnc6c(N)ccnc65)O[C@@H]4CO[P@@](=O)(S)OC2C3)c(=O)[nH]1. The normalized spacial score (nSPS) is 36.6. The van der Waals surface area contributed by atoms with Crippen LogP contribution in [0.4, 0.5) is 16.0 Å². The van der Waals surface area contributed by atoms with Crippen LogP contribution in [0.15, 0.2) is 29.7 Å². The number of alkyl halides is 1. The van der Waals surface area contributed by atoms with Crippen LogP contribution in [0.5, 0.6) is 0 Å². The van der Waals surface area contributed by atoms with Gasteiger partial charge in [0, 0.05) is 12.6 Å². The zero-order valence-corrected chi connectivity index (χ0v) is 25.7. The molecule has 4 aromatic rings. The fourth-order valence-corrected chi connectivity index (χ4v) is 8.33. The van der Waals surface area contributed by atoms with Crippen molar-refractivity contribution in [2.45, 2.75) is 49.5 Å². The average molecular weight is 692 g/mol. The van der Waals surface area contributed by atoms with E-state index in [1.807, 2.05) is 0 Å². The lowest BCUT2D eigenvalue weighted by molar-refractivity contribution is -0.0561. The molecule has 0 amide bonds. The van der Waals surface area contributed by atoms with Gasteiger partial charge in [-0.3, -0.25) is 37.0 Å². The first-order valence-corrected chi connectivity index (χ1v) is 18.3. The molecule has 5 N–H and O–H groups in total. The van der Waals surface area contributed by atoms with Gasteiger partial charge in [0.15, 0.2) is 35.4 Å². The number of fused-ring (bicyclic) bond motifs is 5. The largest absolute Gasteiger partial charge is 0.397 e. The van der Waals surface area contributed by atoms with Crippen molar-refractivity contribution in [3.05, 3.63) is 35.3 Å². The second-order valence-corrected chi connectivity index (χ2v) is 15.9. The molecule has 4 aromatic heterocycles. The third-order valence-electron chi connectivity index (χ3n) is 7.25. The molecule has 0 aliphatic carbocycles. The standard InChI is InChI=1S/C21H24FN9O9P2S2/c22-12-15-11(38-20(12)30-6-26-13-9(23)1-2-25-16(13)30)5-36-41(33,43)39-10-3-8(4-35-42(34,44)40-15)37-19(10)31-7-27-14-17(31)28-21(24)29-18(14)32/h1-2,6-8,10-12,15,19-20H,3-5H2,(H2,23,25)(H,33,43)(H,34,44)(H3,24,28,29,32)/t8-,10?,11+,12?,15-,19+,20+,41+,42+/m0/s1. The smallest absolute Gasteiger partial charge is 0.386 e. The highest BCUT2D eigenvalue weighted by molar-refractivity contribution is 8.44. The van der Waals surface area contributed by atoms with E-state index in [1.165, 1.54) is 34.1 Å². The van der Waals surface area contributed by atoms with Crippen molar-refractivity contribution >= 4 is 72.1 Å². The molecule has 7 rings (SSSR count). The summed E-state index contributed by atoms with van der Waals surface area (Å²) >= 11 is 8.17. The molecule has 0 saturated carbocycles. The fourth-order valence-electron chi connectivity index (χ4n) is 5.34. The summed E-state index contributed by atoms with van der Waals surface area (Å²) in [6.45, 7) is -9.39. The van der Waals surface area contributed by atoms with E-state index in [2.05, 4.69) is 49.4 Å². The third kappa shape index (κ3) is 5.44. The van der Waals surface area contributed by atoms with E-state index in [4.69, 9.17) is 39.0 Å². The number of imidazole rings is 2. The van der Waals surface area contributed by atoms with Crippen LogP contribution in [0.3, 0.4) is 0 Å². The second kappa shape index (κ2) is 11.0. The number of pyridine rings is 1. The van der Waals surface area contributed by atoms with Gasteiger partial charge in [0.25, 0.3) is 5.56 Å². The highest BCUT2D eigenvalue weighted by Gasteiger charge is 2.52. The molecule has 236 valence electrons. The van der Waals surface area contributed by atoms with Crippen LogP contribution in [0, 0.1) is 0 Å². The monoisotopic (exact) mass is 691 g/mol. The van der Waals surface area contributed by atoms with Crippen molar-refractivity contribution in [2.75, 3.05) is 24.7 Å². The number of thiol groups is 2. The molecule has 44 heavy (non-hydrogen) atoms. The maximum Gasteiger partial charge on any atom is 0.386 e. The molecule has 3 saturated heterocycles. The lowest BCUT2D eigenvalue weighted by Crippen LogP contribution is -2.33. The molecule has 3 fully saturated rings. The number of ether oxygens (including phenoxy) is 2. The van der Waals surface area contributed by atoms with E-state index in [9.17, 15) is 13.9 Å². The lowest BCUT2D eigenvalue weighted by atomic mass is 10.1. The van der Waals surface area contributed by atoms with Crippen LogP contribution in [0.1, 0.15) is 18.9 Å². The van der Waals surface area contributed by atoms with E-state index >= 15 is 4.39 Å². The Labute approximate surface area is 256 Å². The average Bonchev–Trinajstić information content (AvgIpc) is 3.72. The zero-order valence-electron chi connectivity index (χ0n) is 22.2. The van der Waals surface area contributed by atoms with Gasteiger partial charge in [0.05, 0.1) is 37.7 Å². The summed E-state index contributed by atoms with van der Waals surface area (Å²) in [5.41, 5.74) is 12.0. The fraction of sp³-hybridized carbons (Fsp3) is 0.476. The number of hydrogen-bond donors (Lipinski definition) is 5. The summed E-state index contributed by atoms with van der Waals surface area (Å²) in [6.07, 6.45) is -5.10. The minimum atomic E-state index is -4.26. The number of nitrogens with two attached hydrogens (primary N) is 2. The van der Waals surface area contributed by atoms with E-state index < -0.39 is 68.8 Å². The van der Waals surface area contributed by atoms with E-state index in [1.54, 1.807) is 0 Å². The van der Waals surface area contributed by atoms with Crippen LogP contribution in [0.2, 0.25) is 0 Å². The molecule has 23 heteroatoms. The summed E-state index contributed by atoms with van der Waals surface area (Å²) in [5.74, 6) is -0.170. The predicted octanol–water partition coefficient (Wildman–Crippen LogP) is 2.14. The molecule has 3 aliphatic heterocycles. The molecule has 3 aliphatic rings. The van der Waals surface area contributed by atoms with Crippen LogP contribution in [-0.2, 0) is 36.7 Å². The first-order chi connectivity index (χ1) is 20.9. The molecule has 9 atom stereocenters. The van der Waals surface area contributed by atoms with Gasteiger partial charge < -0.3 is 20.9 Å².